The van der Waals surface area contributed by atoms with Gasteiger partial charge in [0, 0.05) is 17.5 Å². The van der Waals surface area contributed by atoms with Crippen LogP contribution in [0.1, 0.15) is 23.4 Å². The lowest BCUT2D eigenvalue weighted by atomic mass is 10.2. The predicted molar refractivity (Wildman–Crippen MR) is 124 cm³/mol. The van der Waals surface area contributed by atoms with Crippen LogP contribution in [-0.4, -0.2) is 52.3 Å². The van der Waals surface area contributed by atoms with Crippen LogP contribution in [0.3, 0.4) is 0 Å². The van der Waals surface area contributed by atoms with E-state index in [-0.39, 0.29) is 24.0 Å². The van der Waals surface area contributed by atoms with Crippen LogP contribution >= 0.6 is 23.2 Å². The molecule has 0 aliphatic rings. The molecule has 0 amide bonds. The first-order valence-corrected chi connectivity index (χ1v) is 11.1. The molecule has 0 spiro atoms. The molecule has 1 atom stereocenters. The van der Waals surface area contributed by atoms with Crippen LogP contribution in [0.5, 0.6) is 0 Å². The van der Waals surface area contributed by atoms with E-state index in [1.165, 1.54) is 35.9 Å². The van der Waals surface area contributed by atoms with Gasteiger partial charge in [0.05, 0.1) is 17.3 Å². The van der Waals surface area contributed by atoms with Crippen LogP contribution in [0, 0.1) is 0 Å². The zero-order valence-corrected chi connectivity index (χ0v) is 20.0. The van der Waals surface area contributed by atoms with Gasteiger partial charge >= 0.3 is 11.9 Å². The lowest BCUT2D eigenvalue weighted by molar-refractivity contribution is -0.207. The lowest BCUT2D eigenvalue weighted by Crippen LogP contribution is -2.37. The maximum absolute atomic E-state index is 13.1. The Hall–Kier alpha value is -3.48. The Morgan fingerprint density at radius 2 is 1.75 bits per heavy atom. The standard InChI is InChI=1S/C22H17Cl2F3N6O3/c1-12(34)19-28-18(29-33(19)16-5-3-2-4-15(16)24)11-32-21(36)31(10-17(35)22(25,26)27)20(30-32)13-6-8-14(23)9-7-13/h2-9,17,35H,10-11H2,1H3. The van der Waals surface area contributed by atoms with E-state index in [4.69, 9.17) is 23.2 Å². The molecular formula is C22H17Cl2F3N6O3. The number of halogens is 5. The Morgan fingerprint density at radius 1 is 1.08 bits per heavy atom. The topological polar surface area (TPSA) is 108 Å². The average molecular weight is 541 g/mol. The molecule has 2 aromatic heterocycles. The SMILES string of the molecule is CC(=O)c1nc(Cn2nc(-c3ccc(Cl)cc3)n(CC(O)C(F)(F)F)c2=O)nn1-c1ccccc1Cl. The van der Waals surface area contributed by atoms with Crippen LogP contribution in [0.4, 0.5) is 13.2 Å². The molecule has 2 heterocycles. The minimum atomic E-state index is -4.95. The fourth-order valence-electron chi connectivity index (χ4n) is 3.37. The fraction of sp³-hybridized carbons (Fsp3) is 0.227. The fourth-order valence-corrected chi connectivity index (χ4v) is 3.71. The van der Waals surface area contributed by atoms with Gasteiger partial charge in [0.25, 0.3) is 0 Å². The number of Topliss-reactive ketones (excluding diaryl/α,β-unsaturated/α-hetero) is 1. The molecule has 0 bridgehead atoms. The first-order chi connectivity index (χ1) is 17.0. The summed E-state index contributed by atoms with van der Waals surface area (Å²) in [6, 6.07) is 12.5. The molecule has 9 nitrogen and oxygen atoms in total. The summed E-state index contributed by atoms with van der Waals surface area (Å²) in [7, 11) is 0. The van der Waals surface area contributed by atoms with Crippen molar-refractivity contribution in [2.75, 3.05) is 0 Å². The van der Waals surface area contributed by atoms with Crippen LogP contribution < -0.4 is 5.69 Å². The smallest absolute Gasteiger partial charge is 0.382 e. The van der Waals surface area contributed by atoms with Crippen LogP contribution in [-0.2, 0) is 13.1 Å². The van der Waals surface area contributed by atoms with Crippen molar-refractivity contribution < 1.29 is 23.1 Å². The lowest BCUT2D eigenvalue weighted by Gasteiger charge is -2.15. The zero-order valence-electron chi connectivity index (χ0n) is 18.4. The van der Waals surface area contributed by atoms with Crippen LogP contribution in [0.15, 0.2) is 53.3 Å². The number of hydrogen-bond donors (Lipinski definition) is 1. The van der Waals surface area contributed by atoms with E-state index in [0.717, 1.165) is 4.68 Å². The minimum absolute atomic E-state index is 0.00843. The summed E-state index contributed by atoms with van der Waals surface area (Å²) in [6.45, 7) is -0.175. The predicted octanol–water partition coefficient (Wildman–Crippen LogP) is 3.77. The van der Waals surface area contributed by atoms with Crippen molar-refractivity contribution >= 4 is 29.0 Å². The van der Waals surface area contributed by atoms with E-state index in [9.17, 15) is 27.9 Å². The van der Waals surface area contributed by atoms with E-state index in [0.29, 0.717) is 25.9 Å². The number of carbonyl (C=O) groups excluding carboxylic acids is 1. The molecule has 1 N–H and O–H groups in total. The number of aliphatic hydroxyl groups is 1. The van der Waals surface area contributed by atoms with Gasteiger partial charge in [0.15, 0.2) is 29.4 Å². The molecule has 14 heteroatoms. The average Bonchev–Trinajstić information content (AvgIpc) is 3.36. The Bertz CT molecular complexity index is 1480. The van der Waals surface area contributed by atoms with Gasteiger partial charge in [-0.1, -0.05) is 35.3 Å². The zero-order chi connectivity index (χ0) is 26.2. The molecule has 0 aliphatic carbocycles. The third-order valence-corrected chi connectivity index (χ3v) is 5.67. The van der Waals surface area contributed by atoms with Crippen molar-refractivity contribution in [3.63, 3.8) is 0 Å². The number of carbonyl (C=O) groups is 1. The van der Waals surface area contributed by atoms with E-state index >= 15 is 0 Å². The number of aliphatic hydroxyl groups excluding tert-OH is 1. The monoisotopic (exact) mass is 540 g/mol. The number of benzene rings is 2. The second-order valence-electron chi connectivity index (χ2n) is 7.71. The van der Waals surface area contributed by atoms with Crippen LogP contribution in [0.25, 0.3) is 17.1 Å². The van der Waals surface area contributed by atoms with E-state index < -0.39 is 30.3 Å². The molecular weight excluding hydrogens is 524 g/mol. The van der Waals surface area contributed by atoms with Crippen molar-refractivity contribution in [3.05, 3.63) is 80.7 Å². The number of rotatable bonds is 7. The number of para-hydroxylation sites is 1. The summed E-state index contributed by atoms with van der Waals surface area (Å²) in [5, 5.41) is 18.7. The molecule has 4 aromatic rings. The van der Waals surface area contributed by atoms with Gasteiger partial charge in [0.2, 0.25) is 0 Å². The van der Waals surface area contributed by atoms with E-state index in [1.54, 1.807) is 24.3 Å². The Kier molecular flexibility index (Phi) is 7.03. The van der Waals surface area contributed by atoms with E-state index in [2.05, 4.69) is 15.2 Å². The second kappa shape index (κ2) is 9.88. The summed E-state index contributed by atoms with van der Waals surface area (Å²) < 4.78 is 41.9. The quantitative estimate of drug-likeness (QED) is 0.357. The summed E-state index contributed by atoms with van der Waals surface area (Å²) >= 11 is 12.1. The molecule has 0 saturated heterocycles. The largest absolute Gasteiger partial charge is 0.416 e. The highest BCUT2D eigenvalue weighted by Gasteiger charge is 2.39. The van der Waals surface area contributed by atoms with E-state index in [1.807, 2.05) is 0 Å². The van der Waals surface area contributed by atoms with Crippen LogP contribution in [0.2, 0.25) is 10.0 Å². The van der Waals surface area contributed by atoms with Crippen molar-refractivity contribution in [2.24, 2.45) is 0 Å². The van der Waals surface area contributed by atoms with Gasteiger partial charge in [-0.2, -0.15) is 13.2 Å². The van der Waals surface area contributed by atoms with Gasteiger partial charge in [-0.05, 0) is 36.4 Å². The summed E-state index contributed by atoms with van der Waals surface area (Å²) in [5.74, 6) is -0.624. The van der Waals surface area contributed by atoms with Gasteiger partial charge in [0.1, 0.15) is 6.54 Å². The Balaban J connectivity index is 1.78. The highest BCUT2D eigenvalue weighted by Crippen LogP contribution is 2.24. The first-order valence-electron chi connectivity index (χ1n) is 10.4. The van der Waals surface area contributed by atoms with Crippen molar-refractivity contribution in [3.8, 4) is 17.1 Å². The molecule has 0 fully saturated rings. The number of aromatic nitrogens is 6. The molecule has 0 aliphatic heterocycles. The number of nitrogens with zero attached hydrogens (tertiary/aromatic N) is 6. The Labute approximate surface area is 211 Å². The maximum Gasteiger partial charge on any atom is 0.416 e. The summed E-state index contributed by atoms with van der Waals surface area (Å²) in [5.41, 5.74) is -0.276. The van der Waals surface area contributed by atoms with Gasteiger partial charge < -0.3 is 5.11 Å². The first kappa shape index (κ1) is 25.6. The molecule has 4 rings (SSSR count). The maximum atomic E-state index is 13.1. The summed E-state index contributed by atoms with van der Waals surface area (Å²) in [4.78, 5) is 29.4. The number of ketones is 1. The number of hydrogen-bond acceptors (Lipinski definition) is 6. The molecule has 0 saturated carbocycles. The van der Waals surface area contributed by atoms with Gasteiger partial charge in [-0.3, -0.25) is 9.36 Å². The molecule has 188 valence electrons. The van der Waals surface area contributed by atoms with Crippen molar-refractivity contribution in [1.29, 1.82) is 0 Å². The normalized spacial score (nSPS) is 12.6. The van der Waals surface area contributed by atoms with Crippen molar-refractivity contribution in [1.82, 2.24) is 29.1 Å². The van der Waals surface area contributed by atoms with Gasteiger partial charge in [-0.25, -0.2) is 19.1 Å². The molecule has 0 radical (unpaired) electrons. The second-order valence-corrected chi connectivity index (χ2v) is 8.55. The third-order valence-electron chi connectivity index (χ3n) is 5.10. The van der Waals surface area contributed by atoms with Crippen molar-refractivity contribution in [2.45, 2.75) is 32.3 Å². The number of alkyl halides is 3. The van der Waals surface area contributed by atoms with Gasteiger partial charge in [-0.15, -0.1) is 10.2 Å². The molecule has 36 heavy (non-hydrogen) atoms. The highest BCUT2D eigenvalue weighted by atomic mass is 35.5. The minimum Gasteiger partial charge on any atom is -0.382 e. The molecule has 2 aromatic carbocycles. The summed E-state index contributed by atoms with van der Waals surface area (Å²) in [6.07, 6.45) is -7.76. The molecule has 1 unspecified atom stereocenters. The Morgan fingerprint density at radius 3 is 2.36 bits per heavy atom. The third kappa shape index (κ3) is 5.20. The highest BCUT2D eigenvalue weighted by molar-refractivity contribution is 6.32.